The summed E-state index contributed by atoms with van der Waals surface area (Å²) in [5.74, 6) is 0.00165. The molecule has 2 heterocycles. The van der Waals surface area contributed by atoms with Crippen molar-refractivity contribution in [1.82, 2.24) is 9.80 Å². The number of morpholine rings is 1. The molecule has 1 N–H and O–H groups in total. The number of amides is 1. The molecule has 0 radical (unpaired) electrons. The zero-order valence-electron chi connectivity index (χ0n) is 20.0. The molecule has 0 spiro atoms. The SMILES string of the molecule is COc1ccc(C(O)=C2C(=O)C(=O)N(C3CC3)[C@H]2c2ccc(OC)c(CN3CCOCC3)c2)cc1. The molecule has 2 aromatic carbocycles. The van der Waals surface area contributed by atoms with Crippen LogP contribution in [0.4, 0.5) is 0 Å². The number of likely N-dealkylation sites (tertiary alicyclic amines) is 1. The first kappa shape index (κ1) is 23.4. The van der Waals surface area contributed by atoms with E-state index >= 15 is 0 Å². The first-order chi connectivity index (χ1) is 17.0. The zero-order chi connectivity index (χ0) is 24.5. The van der Waals surface area contributed by atoms with E-state index in [1.54, 1.807) is 43.4 Å². The van der Waals surface area contributed by atoms with Gasteiger partial charge in [-0.05, 0) is 54.8 Å². The predicted octanol–water partition coefficient (Wildman–Crippen LogP) is 3.12. The van der Waals surface area contributed by atoms with Crippen molar-refractivity contribution < 1.29 is 28.9 Å². The number of aliphatic hydroxyl groups excluding tert-OH is 1. The Labute approximate surface area is 204 Å². The van der Waals surface area contributed by atoms with E-state index in [9.17, 15) is 14.7 Å². The van der Waals surface area contributed by atoms with E-state index in [0.717, 1.165) is 42.8 Å². The van der Waals surface area contributed by atoms with E-state index in [-0.39, 0.29) is 17.4 Å². The van der Waals surface area contributed by atoms with Crippen molar-refractivity contribution in [2.24, 2.45) is 0 Å². The number of hydrogen-bond acceptors (Lipinski definition) is 7. The van der Waals surface area contributed by atoms with Crippen molar-refractivity contribution in [2.75, 3.05) is 40.5 Å². The molecule has 2 saturated heterocycles. The van der Waals surface area contributed by atoms with Gasteiger partial charge < -0.3 is 24.2 Å². The summed E-state index contributed by atoms with van der Waals surface area (Å²) in [5.41, 5.74) is 2.34. The molecule has 35 heavy (non-hydrogen) atoms. The second-order valence-corrected chi connectivity index (χ2v) is 9.13. The lowest BCUT2D eigenvalue weighted by molar-refractivity contribution is -0.140. The van der Waals surface area contributed by atoms with Crippen LogP contribution in [0.5, 0.6) is 11.5 Å². The Bertz CT molecular complexity index is 1150. The van der Waals surface area contributed by atoms with Gasteiger partial charge in [0.25, 0.3) is 11.7 Å². The molecule has 8 nitrogen and oxygen atoms in total. The van der Waals surface area contributed by atoms with Gasteiger partial charge >= 0.3 is 0 Å². The van der Waals surface area contributed by atoms with Gasteiger partial charge in [-0.3, -0.25) is 14.5 Å². The molecule has 3 aliphatic rings. The molecule has 1 amide bonds. The van der Waals surface area contributed by atoms with Gasteiger partial charge in [0, 0.05) is 36.8 Å². The average Bonchev–Trinajstić information content (AvgIpc) is 3.70. The van der Waals surface area contributed by atoms with Crippen LogP contribution >= 0.6 is 0 Å². The zero-order valence-corrected chi connectivity index (χ0v) is 20.0. The van der Waals surface area contributed by atoms with Crippen LogP contribution in [0.25, 0.3) is 5.76 Å². The summed E-state index contributed by atoms with van der Waals surface area (Å²) in [4.78, 5) is 30.3. The first-order valence-corrected chi connectivity index (χ1v) is 11.9. The Balaban J connectivity index is 1.58. The van der Waals surface area contributed by atoms with Crippen molar-refractivity contribution >= 4 is 17.4 Å². The highest BCUT2D eigenvalue weighted by Crippen LogP contribution is 2.46. The second-order valence-electron chi connectivity index (χ2n) is 9.13. The third-order valence-electron chi connectivity index (χ3n) is 6.90. The smallest absolute Gasteiger partial charge is 0.295 e. The maximum absolute atomic E-state index is 13.2. The van der Waals surface area contributed by atoms with Crippen molar-refractivity contribution in [2.45, 2.75) is 31.5 Å². The van der Waals surface area contributed by atoms with Crippen molar-refractivity contribution in [3.63, 3.8) is 0 Å². The van der Waals surface area contributed by atoms with Crippen LogP contribution in [-0.2, 0) is 20.9 Å². The van der Waals surface area contributed by atoms with Gasteiger partial charge in [0.05, 0.1) is 39.0 Å². The van der Waals surface area contributed by atoms with Gasteiger partial charge in [-0.1, -0.05) is 6.07 Å². The highest BCUT2D eigenvalue weighted by Gasteiger charge is 2.51. The minimum absolute atomic E-state index is 0.00223. The molecule has 1 atom stereocenters. The van der Waals surface area contributed by atoms with E-state index < -0.39 is 17.7 Å². The third-order valence-corrected chi connectivity index (χ3v) is 6.90. The van der Waals surface area contributed by atoms with Crippen molar-refractivity contribution in [3.8, 4) is 11.5 Å². The summed E-state index contributed by atoms with van der Waals surface area (Å²) in [6, 6.07) is 11.9. The molecule has 8 heteroatoms. The van der Waals surface area contributed by atoms with Crippen LogP contribution in [0.15, 0.2) is 48.0 Å². The van der Waals surface area contributed by atoms with Gasteiger partial charge in [0.15, 0.2) is 0 Å². The van der Waals surface area contributed by atoms with Crippen LogP contribution in [0, 0.1) is 0 Å². The van der Waals surface area contributed by atoms with Gasteiger partial charge in [-0.15, -0.1) is 0 Å². The summed E-state index contributed by atoms with van der Waals surface area (Å²) in [6.07, 6.45) is 1.70. The number of methoxy groups -OCH3 is 2. The van der Waals surface area contributed by atoms with Crippen LogP contribution in [0.1, 0.15) is 35.6 Å². The van der Waals surface area contributed by atoms with Crippen LogP contribution in [-0.4, -0.2) is 73.2 Å². The summed E-state index contributed by atoms with van der Waals surface area (Å²) in [6.45, 7) is 3.69. The Morgan fingerprint density at radius 1 is 1.03 bits per heavy atom. The quantitative estimate of drug-likeness (QED) is 0.372. The molecule has 3 fully saturated rings. The number of nitrogens with zero attached hydrogens (tertiary/aromatic N) is 2. The maximum atomic E-state index is 13.2. The van der Waals surface area contributed by atoms with Gasteiger partial charge in [0.1, 0.15) is 17.3 Å². The minimum atomic E-state index is -0.654. The molecule has 2 aromatic rings. The van der Waals surface area contributed by atoms with E-state index in [2.05, 4.69) is 4.90 Å². The first-order valence-electron chi connectivity index (χ1n) is 11.9. The predicted molar refractivity (Wildman–Crippen MR) is 129 cm³/mol. The molecule has 0 bridgehead atoms. The third kappa shape index (κ3) is 4.51. The molecular weight excluding hydrogens is 448 g/mol. The number of Topliss-reactive ketones (excluding diaryl/α,β-unsaturated/α-hetero) is 1. The largest absolute Gasteiger partial charge is 0.507 e. The highest BCUT2D eigenvalue weighted by atomic mass is 16.5. The van der Waals surface area contributed by atoms with Gasteiger partial charge in [-0.2, -0.15) is 0 Å². The molecule has 0 aromatic heterocycles. The molecule has 0 unspecified atom stereocenters. The van der Waals surface area contributed by atoms with E-state index in [1.165, 1.54) is 0 Å². The molecule has 5 rings (SSSR count). The monoisotopic (exact) mass is 478 g/mol. The lowest BCUT2D eigenvalue weighted by Gasteiger charge is -2.29. The standard InChI is InChI=1S/C27H30N2O6/c1-33-21-8-3-17(4-9-21)25(30)23-24(29(20-6-7-20)27(32)26(23)31)18-5-10-22(34-2)19(15-18)16-28-11-13-35-14-12-28/h3-5,8-10,15,20,24,30H,6-7,11-14,16H2,1-2H3/t24-/m0/s1. The number of ether oxygens (including phenoxy) is 3. The Morgan fingerprint density at radius 3 is 2.37 bits per heavy atom. The summed E-state index contributed by atoms with van der Waals surface area (Å²) in [5, 5.41) is 11.2. The number of carbonyl (C=O) groups is 2. The summed E-state index contributed by atoms with van der Waals surface area (Å²) < 4.78 is 16.3. The highest BCUT2D eigenvalue weighted by molar-refractivity contribution is 6.46. The van der Waals surface area contributed by atoms with Crippen LogP contribution < -0.4 is 9.47 Å². The van der Waals surface area contributed by atoms with E-state index in [1.807, 2.05) is 18.2 Å². The maximum Gasteiger partial charge on any atom is 0.295 e. The molecule has 1 aliphatic carbocycles. The molecule has 1 saturated carbocycles. The number of benzene rings is 2. The van der Waals surface area contributed by atoms with Crippen LogP contribution in [0.3, 0.4) is 0 Å². The number of aliphatic hydroxyl groups is 1. The fourth-order valence-corrected chi connectivity index (χ4v) is 4.90. The number of ketones is 1. The average molecular weight is 479 g/mol. The Hall–Kier alpha value is -3.36. The number of rotatable bonds is 7. The van der Waals surface area contributed by atoms with Crippen molar-refractivity contribution in [1.29, 1.82) is 0 Å². The van der Waals surface area contributed by atoms with E-state index in [0.29, 0.717) is 31.1 Å². The Morgan fingerprint density at radius 2 is 1.74 bits per heavy atom. The normalized spacial score (nSPS) is 22.5. The molecule has 184 valence electrons. The second kappa shape index (κ2) is 9.71. The van der Waals surface area contributed by atoms with Crippen LogP contribution in [0.2, 0.25) is 0 Å². The molecule has 2 aliphatic heterocycles. The Kier molecular flexibility index (Phi) is 6.49. The number of hydrogen-bond donors (Lipinski definition) is 1. The molecular formula is C27H30N2O6. The summed E-state index contributed by atoms with van der Waals surface area (Å²) >= 11 is 0. The number of carbonyl (C=O) groups excluding carboxylic acids is 2. The summed E-state index contributed by atoms with van der Waals surface area (Å²) in [7, 11) is 3.20. The van der Waals surface area contributed by atoms with E-state index in [4.69, 9.17) is 14.2 Å². The topological polar surface area (TPSA) is 88.5 Å². The minimum Gasteiger partial charge on any atom is -0.507 e. The van der Waals surface area contributed by atoms with Crippen molar-refractivity contribution in [3.05, 3.63) is 64.7 Å². The van der Waals surface area contributed by atoms with Gasteiger partial charge in [-0.25, -0.2) is 0 Å². The van der Waals surface area contributed by atoms with Gasteiger partial charge in [0.2, 0.25) is 0 Å². The lowest BCUT2D eigenvalue weighted by atomic mass is 9.93. The fourth-order valence-electron chi connectivity index (χ4n) is 4.90. The fraction of sp³-hybridized carbons (Fsp3) is 0.407. The lowest BCUT2D eigenvalue weighted by Crippen LogP contribution is -2.35.